The van der Waals surface area contributed by atoms with Crippen molar-refractivity contribution in [2.75, 3.05) is 12.4 Å². The van der Waals surface area contributed by atoms with Crippen molar-refractivity contribution in [2.24, 2.45) is 0 Å². The Balaban J connectivity index is 2.03. The molecule has 1 aromatic carbocycles. The Morgan fingerprint density at radius 3 is 2.65 bits per heavy atom. The summed E-state index contributed by atoms with van der Waals surface area (Å²) in [6, 6.07) is 6.02. The van der Waals surface area contributed by atoms with Crippen molar-refractivity contribution < 1.29 is 22.6 Å². The third-order valence-electron chi connectivity index (χ3n) is 3.42. The van der Waals surface area contributed by atoms with Gasteiger partial charge < -0.3 is 14.8 Å². The fourth-order valence-corrected chi connectivity index (χ4v) is 2.54. The average Bonchev–Trinajstić information content (AvgIpc) is 2.38. The SMILES string of the molecule is COC1CCCCC1Nc1cccc(OC(F)(F)F)c1. The summed E-state index contributed by atoms with van der Waals surface area (Å²) < 4.78 is 45.9. The lowest BCUT2D eigenvalue weighted by atomic mass is 9.92. The highest BCUT2D eigenvalue weighted by Gasteiger charge is 2.31. The summed E-state index contributed by atoms with van der Waals surface area (Å²) in [5.74, 6) is -0.215. The molecule has 1 aliphatic carbocycles. The van der Waals surface area contributed by atoms with Gasteiger partial charge in [-0.15, -0.1) is 13.2 Å². The molecule has 1 saturated carbocycles. The number of anilines is 1. The van der Waals surface area contributed by atoms with E-state index in [0.29, 0.717) is 5.69 Å². The summed E-state index contributed by atoms with van der Waals surface area (Å²) in [4.78, 5) is 0. The molecule has 2 atom stereocenters. The topological polar surface area (TPSA) is 30.5 Å². The van der Waals surface area contributed by atoms with Crippen LogP contribution in [-0.2, 0) is 4.74 Å². The van der Waals surface area contributed by atoms with E-state index in [2.05, 4.69) is 10.1 Å². The number of benzene rings is 1. The number of rotatable bonds is 4. The lowest BCUT2D eigenvalue weighted by molar-refractivity contribution is -0.274. The fourth-order valence-electron chi connectivity index (χ4n) is 2.54. The van der Waals surface area contributed by atoms with Gasteiger partial charge >= 0.3 is 6.36 Å². The van der Waals surface area contributed by atoms with E-state index in [1.807, 2.05) is 0 Å². The maximum Gasteiger partial charge on any atom is 0.573 e. The first-order valence-electron chi connectivity index (χ1n) is 6.63. The fraction of sp³-hybridized carbons (Fsp3) is 0.571. The highest BCUT2D eigenvalue weighted by molar-refractivity contribution is 5.49. The monoisotopic (exact) mass is 289 g/mol. The predicted octanol–water partition coefficient (Wildman–Crippen LogP) is 3.95. The van der Waals surface area contributed by atoms with Crippen LogP contribution < -0.4 is 10.1 Å². The van der Waals surface area contributed by atoms with Gasteiger partial charge in [-0.25, -0.2) is 0 Å². The molecule has 0 heterocycles. The van der Waals surface area contributed by atoms with Crippen LogP contribution in [0.1, 0.15) is 25.7 Å². The molecule has 1 aromatic rings. The maximum absolute atomic E-state index is 12.2. The van der Waals surface area contributed by atoms with E-state index in [1.165, 1.54) is 18.2 Å². The highest BCUT2D eigenvalue weighted by atomic mass is 19.4. The van der Waals surface area contributed by atoms with Crippen LogP contribution in [0.2, 0.25) is 0 Å². The number of hydrogen-bond donors (Lipinski definition) is 1. The van der Waals surface area contributed by atoms with E-state index in [9.17, 15) is 13.2 Å². The van der Waals surface area contributed by atoms with Crippen molar-refractivity contribution in [1.29, 1.82) is 0 Å². The zero-order valence-corrected chi connectivity index (χ0v) is 11.2. The zero-order valence-electron chi connectivity index (χ0n) is 11.2. The normalized spacial score (nSPS) is 23.4. The molecule has 0 radical (unpaired) electrons. The smallest absolute Gasteiger partial charge is 0.406 e. The number of alkyl halides is 3. The second kappa shape index (κ2) is 6.35. The highest BCUT2D eigenvalue weighted by Crippen LogP contribution is 2.28. The van der Waals surface area contributed by atoms with E-state index >= 15 is 0 Å². The van der Waals surface area contributed by atoms with Crippen LogP contribution in [0, 0.1) is 0 Å². The number of methoxy groups -OCH3 is 1. The van der Waals surface area contributed by atoms with Gasteiger partial charge in [0, 0.05) is 18.9 Å². The van der Waals surface area contributed by atoms with Crippen LogP contribution in [-0.4, -0.2) is 25.6 Å². The molecule has 20 heavy (non-hydrogen) atoms. The largest absolute Gasteiger partial charge is 0.573 e. The van der Waals surface area contributed by atoms with E-state index in [4.69, 9.17) is 4.74 Å². The first-order valence-corrected chi connectivity index (χ1v) is 6.63. The molecular weight excluding hydrogens is 271 g/mol. The summed E-state index contributed by atoms with van der Waals surface area (Å²) in [6.45, 7) is 0. The minimum absolute atomic E-state index is 0.0935. The van der Waals surface area contributed by atoms with Gasteiger partial charge in [-0.1, -0.05) is 18.9 Å². The first-order chi connectivity index (χ1) is 9.48. The molecule has 1 fully saturated rings. The quantitative estimate of drug-likeness (QED) is 0.910. The molecule has 0 aliphatic heterocycles. The molecule has 3 nitrogen and oxygen atoms in total. The molecular formula is C14H18F3NO2. The Kier molecular flexibility index (Phi) is 4.75. The molecule has 2 rings (SSSR count). The van der Waals surface area contributed by atoms with Crippen LogP contribution in [0.3, 0.4) is 0 Å². The molecule has 112 valence electrons. The van der Waals surface area contributed by atoms with Crippen molar-refractivity contribution in [3.05, 3.63) is 24.3 Å². The summed E-state index contributed by atoms with van der Waals surface area (Å²) in [6.07, 6.45) is -0.450. The molecule has 2 unspecified atom stereocenters. The Morgan fingerprint density at radius 2 is 1.95 bits per heavy atom. The molecule has 0 bridgehead atoms. The minimum Gasteiger partial charge on any atom is -0.406 e. The van der Waals surface area contributed by atoms with Crippen LogP contribution in [0.15, 0.2) is 24.3 Å². The number of nitrogens with one attached hydrogen (secondary N) is 1. The zero-order chi connectivity index (χ0) is 14.6. The average molecular weight is 289 g/mol. The molecule has 0 aromatic heterocycles. The molecule has 1 aliphatic rings. The van der Waals surface area contributed by atoms with Crippen molar-refractivity contribution in [3.63, 3.8) is 0 Å². The Hall–Kier alpha value is -1.43. The second-order valence-electron chi connectivity index (χ2n) is 4.89. The van der Waals surface area contributed by atoms with Crippen LogP contribution in [0.4, 0.5) is 18.9 Å². The second-order valence-corrected chi connectivity index (χ2v) is 4.89. The summed E-state index contributed by atoms with van der Waals surface area (Å²) in [5.41, 5.74) is 0.612. The number of ether oxygens (including phenoxy) is 2. The van der Waals surface area contributed by atoms with Crippen LogP contribution >= 0.6 is 0 Å². The van der Waals surface area contributed by atoms with Crippen molar-refractivity contribution in [3.8, 4) is 5.75 Å². The summed E-state index contributed by atoms with van der Waals surface area (Å²) in [7, 11) is 1.66. The van der Waals surface area contributed by atoms with Crippen LogP contribution in [0.25, 0.3) is 0 Å². The summed E-state index contributed by atoms with van der Waals surface area (Å²) in [5, 5.41) is 3.24. The van der Waals surface area contributed by atoms with Gasteiger partial charge in [0.15, 0.2) is 0 Å². The minimum atomic E-state index is -4.67. The van der Waals surface area contributed by atoms with Crippen LogP contribution in [0.5, 0.6) is 5.75 Å². The van der Waals surface area contributed by atoms with E-state index < -0.39 is 6.36 Å². The predicted molar refractivity (Wildman–Crippen MR) is 69.8 cm³/mol. The number of halogens is 3. The van der Waals surface area contributed by atoms with Gasteiger partial charge in [0.1, 0.15) is 5.75 Å². The van der Waals surface area contributed by atoms with Gasteiger partial charge in [0.2, 0.25) is 0 Å². The molecule has 0 amide bonds. The molecule has 1 N–H and O–H groups in total. The Labute approximate surface area is 116 Å². The number of hydrogen-bond acceptors (Lipinski definition) is 3. The van der Waals surface area contributed by atoms with Gasteiger partial charge in [-0.3, -0.25) is 0 Å². The Morgan fingerprint density at radius 1 is 1.20 bits per heavy atom. The third kappa shape index (κ3) is 4.30. The van der Waals surface area contributed by atoms with E-state index in [1.54, 1.807) is 13.2 Å². The van der Waals surface area contributed by atoms with E-state index in [-0.39, 0.29) is 17.9 Å². The first kappa shape index (κ1) is 15.0. The standard InChI is InChI=1S/C14H18F3NO2/c1-19-13-8-3-2-7-12(13)18-10-5-4-6-11(9-10)20-14(15,16)17/h4-6,9,12-13,18H,2-3,7-8H2,1H3. The lowest BCUT2D eigenvalue weighted by Gasteiger charge is -2.31. The van der Waals surface area contributed by atoms with Crippen molar-refractivity contribution in [1.82, 2.24) is 0 Å². The Bertz CT molecular complexity index is 437. The lowest BCUT2D eigenvalue weighted by Crippen LogP contribution is -2.37. The van der Waals surface area contributed by atoms with E-state index in [0.717, 1.165) is 25.7 Å². The van der Waals surface area contributed by atoms with Crippen molar-refractivity contribution in [2.45, 2.75) is 44.2 Å². The molecule has 0 spiro atoms. The molecule has 6 heteroatoms. The van der Waals surface area contributed by atoms with Gasteiger partial charge in [-0.05, 0) is 25.0 Å². The summed E-state index contributed by atoms with van der Waals surface area (Å²) >= 11 is 0. The van der Waals surface area contributed by atoms with Crippen molar-refractivity contribution >= 4 is 5.69 Å². The molecule has 0 saturated heterocycles. The van der Waals surface area contributed by atoms with Gasteiger partial charge in [0.25, 0.3) is 0 Å². The third-order valence-corrected chi connectivity index (χ3v) is 3.42. The maximum atomic E-state index is 12.2. The van der Waals surface area contributed by atoms with Gasteiger partial charge in [0.05, 0.1) is 12.1 Å². The van der Waals surface area contributed by atoms with Gasteiger partial charge in [-0.2, -0.15) is 0 Å².